The van der Waals surface area contributed by atoms with Crippen LogP contribution in [-0.4, -0.2) is 42.4 Å². The third-order valence-electron chi connectivity index (χ3n) is 6.22. The summed E-state index contributed by atoms with van der Waals surface area (Å²) in [5, 5.41) is 18.3. The molecular weight excluding hydrogens is 458 g/mol. The van der Waals surface area contributed by atoms with Crippen LogP contribution < -0.4 is 16.0 Å². The van der Waals surface area contributed by atoms with Crippen LogP contribution in [0.2, 0.25) is 0 Å². The van der Waals surface area contributed by atoms with E-state index in [-0.39, 0.29) is 23.7 Å². The highest BCUT2D eigenvalue weighted by molar-refractivity contribution is 7.99. The van der Waals surface area contributed by atoms with E-state index < -0.39 is 0 Å². The standard InChI is InChI=1S/C28H49N3O3S/c1-3-4-5-9-12-15-24(16-13-10-7-6-8-11-14-17-27(33)29-2)31-28(34)30-22-23-35-26-20-18-25(32)19-21-26/h18-21,24,32H,3-17,22-23H2,1-2H3,(H,29,33)(H2,30,31,34). The van der Waals surface area contributed by atoms with E-state index in [1.807, 2.05) is 12.1 Å². The molecule has 1 atom stereocenters. The number of nitrogens with one attached hydrogen (secondary N) is 3. The Balaban J connectivity index is 2.22. The van der Waals surface area contributed by atoms with Gasteiger partial charge in [0.1, 0.15) is 5.75 Å². The van der Waals surface area contributed by atoms with Crippen molar-refractivity contribution < 1.29 is 14.7 Å². The van der Waals surface area contributed by atoms with Gasteiger partial charge in [-0.2, -0.15) is 0 Å². The van der Waals surface area contributed by atoms with E-state index in [1.165, 1.54) is 57.8 Å². The summed E-state index contributed by atoms with van der Waals surface area (Å²) < 4.78 is 0. The predicted molar refractivity (Wildman–Crippen MR) is 148 cm³/mol. The fourth-order valence-corrected chi connectivity index (χ4v) is 4.85. The third kappa shape index (κ3) is 18.1. The number of hydrogen-bond acceptors (Lipinski definition) is 4. The first-order chi connectivity index (χ1) is 17.0. The van der Waals surface area contributed by atoms with Crippen molar-refractivity contribution >= 4 is 23.7 Å². The number of carbonyl (C=O) groups excluding carboxylic acids is 2. The molecule has 3 amide bonds. The van der Waals surface area contributed by atoms with Gasteiger partial charge in [0, 0.05) is 36.7 Å². The zero-order valence-electron chi connectivity index (χ0n) is 22.1. The summed E-state index contributed by atoms with van der Waals surface area (Å²) in [7, 11) is 1.69. The highest BCUT2D eigenvalue weighted by atomic mass is 32.2. The first-order valence-corrected chi connectivity index (χ1v) is 14.7. The van der Waals surface area contributed by atoms with Crippen LogP contribution in [-0.2, 0) is 4.79 Å². The molecule has 0 fully saturated rings. The van der Waals surface area contributed by atoms with E-state index in [4.69, 9.17) is 0 Å². The molecule has 35 heavy (non-hydrogen) atoms. The van der Waals surface area contributed by atoms with Gasteiger partial charge >= 0.3 is 6.03 Å². The molecule has 0 saturated heterocycles. The molecule has 7 heteroatoms. The molecule has 0 radical (unpaired) electrons. The Morgan fingerprint density at radius 3 is 2.03 bits per heavy atom. The van der Waals surface area contributed by atoms with Crippen molar-refractivity contribution in [3.63, 3.8) is 0 Å². The van der Waals surface area contributed by atoms with Crippen LogP contribution in [0.1, 0.15) is 103 Å². The molecule has 200 valence electrons. The second kappa shape index (κ2) is 21.4. The zero-order chi connectivity index (χ0) is 25.6. The van der Waals surface area contributed by atoms with Crippen molar-refractivity contribution in [2.75, 3.05) is 19.3 Å². The van der Waals surface area contributed by atoms with Crippen LogP contribution in [0, 0.1) is 0 Å². The lowest BCUT2D eigenvalue weighted by Gasteiger charge is -2.19. The average molecular weight is 508 g/mol. The largest absolute Gasteiger partial charge is 0.508 e. The summed E-state index contributed by atoms with van der Waals surface area (Å²) >= 11 is 1.67. The van der Waals surface area contributed by atoms with Crippen molar-refractivity contribution in [2.45, 2.75) is 114 Å². The summed E-state index contributed by atoms with van der Waals surface area (Å²) in [4.78, 5) is 24.8. The molecule has 1 aromatic rings. The van der Waals surface area contributed by atoms with Crippen molar-refractivity contribution in [1.82, 2.24) is 16.0 Å². The van der Waals surface area contributed by atoms with Gasteiger partial charge in [-0.1, -0.05) is 77.6 Å². The maximum atomic E-state index is 12.5. The summed E-state index contributed by atoms with van der Waals surface area (Å²) in [6.07, 6.45) is 17.1. The highest BCUT2D eigenvalue weighted by Crippen LogP contribution is 2.20. The highest BCUT2D eigenvalue weighted by Gasteiger charge is 2.12. The van der Waals surface area contributed by atoms with E-state index in [0.717, 1.165) is 42.8 Å². The molecule has 6 nitrogen and oxygen atoms in total. The monoisotopic (exact) mass is 507 g/mol. The number of phenols is 1. The summed E-state index contributed by atoms with van der Waals surface area (Å²) in [5.74, 6) is 1.20. The van der Waals surface area contributed by atoms with Crippen LogP contribution in [0.5, 0.6) is 5.75 Å². The van der Waals surface area contributed by atoms with Gasteiger partial charge in [0.25, 0.3) is 0 Å². The normalized spacial score (nSPS) is 11.7. The first-order valence-electron chi connectivity index (χ1n) is 13.7. The van der Waals surface area contributed by atoms with Gasteiger partial charge in [0.2, 0.25) is 5.91 Å². The summed E-state index contributed by atoms with van der Waals surface area (Å²) in [6, 6.07) is 7.32. The van der Waals surface area contributed by atoms with E-state index in [2.05, 4.69) is 22.9 Å². The Hall–Kier alpha value is -1.89. The second-order valence-corrected chi connectivity index (χ2v) is 10.5. The maximum Gasteiger partial charge on any atom is 0.315 e. The molecule has 0 saturated carbocycles. The number of benzene rings is 1. The predicted octanol–water partition coefficient (Wildman–Crippen LogP) is 6.77. The molecule has 0 bridgehead atoms. The van der Waals surface area contributed by atoms with Crippen LogP contribution >= 0.6 is 11.8 Å². The number of aromatic hydroxyl groups is 1. The SMILES string of the molecule is CCCCCCCC(CCCCCCCCCC(=O)NC)NC(=O)NCCSc1ccc(O)cc1. The molecule has 0 heterocycles. The number of carbonyl (C=O) groups is 2. The first kappa shape index (κ1) is 31.1. The van der Waals surface area contributed by atoms with Crippen LogP contribution in [0.25, 0.3) is 0 Å². The molecule has 1 unspecified atom stereocenters. The van der Waals surface area contributed by atoms with Crippen LogP contribution in [0.15, 0.2) is 29.2 Å². The van der Waals surface area contributed by atoms with Crippen molar-refractivity contribution in [3.8, 4) is 5.75 Å². The molecule has 0 aromatic heterocycles. The van der Waals surface area contributed by atoms with Gasteiger partial charge in [-0.05, 0) is 43.5 Å². The molecule has 1 aromatic carbocycles. The summed E-state index contributed by atoms with van der Waals surface area (Å²) in [5.41, 5.74) is 0. The second-order valence-electron chi connectivity index (χ2n) is 9.33. The fourth-order valence-electron chi connectivity index (χ4n) is 4.08. The van der Waals surface area contributed by atoms with Gasteiger partial charge in [-0.15, -0.1) is 11.8 Å². The Morgan fingerprint density at radius 1 is 0.857 bits per heavy atom. The lowest BCUT2D eigenvalue weighted by molar-refractivity contribution is -0.120. The van der Waals surface area contributed by atoms with Gasteiger partial charge in [-0.3, -0.25) is 4.79 Å². The Labute approximate surface area is 217 Å². The summed E-state index contributed by atoms with van der Waals surface area (Å²) in [6.45, 7) is 2.84. The van der Waals surface area contributed by atoms with Crippen LogP contribution in [0.4, 0.5) is 4.79 Å². The quantitative estimate of drug-likeness (QED) is 0.109. The minimum absolute atomic E-state index is 0.0639. The smallest absolute Gasteiger partial charge is 0.315 e. The lowest BCUT2D eigenvalue weighted by Crippen LogP contribution is -2.42. The maximum absolute atomic E-state index is 12.5. The molecular formula is C28H49N3O3S. The van der Waals surface area contributed by atoms with Gasteiger partial charge in [-0.25, -0.2) is 4.79 Å². The van der Waals surface area contributed by atoms with Crippen molar-refractivity contribution in [3.05, 3.63) is 24.3 Å². The molecule has 4 N–H and O–H groups in total. The van der Waals surface area contributed by atoms with E-state index in [1.54, 1.807) is 30.9 Å². The molecule has 0 aliphatic rings. The zero-order valence-corrected chi connectivity index (χ0v) is 22.9. The number of amides is 3. The number of phenolic OH excluding ortho intramolecular Hbond substituents is 1. The molecule has 0 aliphatic heterocycles. The number of rotatable bonds is 21. The molecule has 1 rings (SSSR count). The van der Waals surface area contributed by atoms with Crippen LogP contribution in [0.3, 0.4) is 0 Å². The average Bonchev–Trinajstić information content (AvgIpc) is 2.86. The Morgan fingerprint density at radius 2 is 1.43 bits per heavy atom. The fraction of sp³-hybridized carbons (Fsp3) is 0.714. The number of thioether (sulfide) groups is 1. The van der Waals surface area contributed by atoms with Gasteiger partial charge < -0.3 is 21.1 Å². The lowest BCUT2D eigenvalue weighted by atomic mass is 10.00. The van der Waals surface area contributed by atoms with E-state index >= 15 is 0 Å². The van der Waals surface area contributed by atoms with Crippen molar-refractivity contribution in [2.24, 2.45) is 0 Å². The topological polar surface area (TPSA) is 90.5 Å². The minimum Gasteiger partial charge on any atom is -0.508 e. The van der Waals surface area contributed by atoms with Crippen molar-refractivity contribution in [1.29, 1.82) is 0 Å². The molecule has 0 aliphatic carbocycles. The number of unbranched alkanes of at least 4 members (excludes halogenated alkanes) is 10. The van der Waals surface area contributed by atoms with E-state index in [0.29, 0.717) is 13.0 Å². The van der Waals surface area contributed by atoms with Gasteiger partial charge in [0.05, 0.1) is 0 Å². The Bertz CT molecular complexity index is 670. The third-order valence-corrected chi connectivity index (χ3v) is 7.23. The minimum atomic E-state index is -0.0639. The van der Waals surface area contributed by atoms with Gasteiger partial charge in [0.15, 0.2) is 0 Å². The number of urea groups is 1. The molecule has 0 spiro atoms. The number of hydrogen-bond donors (Lipinski definition) is 4. The Kier molecular flexibility index (Phi) is 19.0. The van der Waals surface area contributed by atoms with E-state index in [9.17, 15) is 14.7 Å².